The van der Waals surface area contributed by atoms with Crippen LogP contribution in [0.2, 0.25) is 18.1 Å². The molecule has 1 fully saturated rings. The summed E-state index contributed by atoms with van der Waals surface area (Å²) < 4.78 is 12.8. The van der Waals surface area contributed by atoms with Gasteiger partial charge in [-0.15, -0.1) is 0 Å². The van der Waals surface area contributed by atoms with Gasteiger partial charge in [0.1, 0.15) is 0 Å². The molecule has 0 heterocycles. The van der Waals surface area contributed by atoms with Gasteiger partial charge in [-0.1, -0.05) is 32.5 Å². The van der Waals surface area contributed by atoms with Crippen molar-refractivity contribution in [3.8, 4) is 0 Å². The monoisotopic (exact) mass is 334 g/mol. The van der Waals surface area contributed by atoms with Crippen molar-refractivity contribution in [2.75, 3.05) is 12.9 Å². The van der Waals surface area contributed by atoms with Crippen molar-refractivity contribution < 1.29 is 9.16 Å². The van der Waals surface area contributed by atoms with Gasteiger partial charge in [0, 0.05) is 6.10 Å². The molecule has 0 atom stereocenters. The maximum Gasteiger partial charge on any atom is 0.219 e. The van der Waals surface area contributed by atoms with Crippen molar-refractivity contribution in [2.24, 2.45) is 5.92 Å². The quantitative estimate of drug-likeness (QED) is 0.517. The molecule has 0 unspecified atom stereocenters. The third-order valence-electron chi connectivity index (χ3n) is 4.66. The molecule has 0 aromatic carbocycles. The lowest BCUT2D eigenvalue weighted by Crippen LogP contribution is -2.44. The number of rotatable bonds is 4. The summed E-state index contributed by atoms with van der Waals surface area (Å²) in [7, 11) is -1.61. The number of ether oxygens (including phenoxy) is 1. The molecule has 20 heavy (non-hydrogen) atoms. The van der Waals surface area contributed by atoms with Crippen molar-refractivity contribution in [3.63, 3.8) is 0 Å². The molecule has 1 aliphatic rings. The second kappa shape index (κ2) is 7.61. The van der Waals surface area contributed by atoms with Crippen molar-refractivity contribution in [2.45, 2.75) is 70.7 Å². The van der Waals surface area contributed by atoms with Gasteiger partial charge in [-0.05, 0) is 68.2 Å². The Morgan fingerprint density at radius 1 is 1.20 bits per heavy atom. The summed E-state index contributed by atoms with van der Waals surface area (Å²) in [5.74, 6) is 0.652. The third kappa shape index (κ3) is 5.66. The van der Waals surface area contributed by atoms with E-state index in [-0.39, 0.29) is 0 Å². The van der Waals surface area contributed by atoms with Crippen LogP contribution in [0.1, 0.15) is 46.5 Å². The van der Waals surface area contributed by atoms with Gasteiger partial charge >= 0.3 is 0 Å². The number of hydrogen-bond donors (Lipinski definition) is 0. The maximum absolute atomic E-state index is 6.51. The van der Waals surface area contributed by atoms with Crippen molar-refractivity contribution >= 4 is 36.7 Å². The Morgan fingerprint density at radius 2 is 1.75 bits per heavy atom. The van der Waals surface area contributed by atoms with E-state index in [0.29, 0.717) is 21.4 Å². The summed E-state index contributed by atoms with van der Waals surface area (Å²) in [4.78, 5) is 0. The fourth-order valence-electron chi connectivity index (χ4n) is 2.25. The lowest BCUT2D eigenvalue weighted by molar-refractivity contribution is 0.0980. The molecular weight excluding hydrogens is 304 g/mol. The standard InChI is InChI=1S/C15H30O2S2Si/c1-15(2,3)20(5,6)17-13-9-7-12(8-10-13)11-16-14(18)19-4/h12-13H,7-11H2,1-6H3/t12-,13-. The topological polar surface area (TPSA) is 18.5 Å². The van der Waals surface area contributed by atoms with Gasteiger partial charge in [-0.2, -0.15) is 0 Å². The summed E-state index contributed by atoms with van der Waals surface area (Å²) in [5, 5.41) is 0.303. The van der Waals surface area contributed by atoms with Gasteiger partial charge in [0.15, 0.2) is 8.32 Å². The van der Waals surface area contributed by atoms with E-state index >= 15 is 0 Å². The molecule has 0 spiro atoms. The zero-order chi connectivity index (χ0) is 15.4. The van der Waals surface area contributed by atoms with Crippen LogP contribution in [0.3, 0.4) is 0 Å². The minimum atomic E-state index is -1.61. The first-order chi connectivity index (χ1) is 9.15. The van der Waals surface area contributed by atoms with E-state index in [1.54, 1.807) is 0 Å². The summed E-state index contributed by atoms with van der Waals surface area (Å²) >= 11 is 6.60. The lowest BCUT2D eigenvalue weighted by atomic mass is 9.88. The second-order valence-electron chi connectivity index (χ2n) is 7.29. The SMILES string of the molecule is CSC(=S)OC[C@H]1CC[C@H](O[Si](C)(C)C(C)(C)C)CC1. The Kier molecular flexibility index (Phi) is 7.03. The molecule has 5 heteroatoms. The molecule has 2 nitrogen and oxygen atoms in total. The average Bonchev–Trinajstić information content (AvgIpc) is 2.35. The molecule has 0 saturated heterocycles. The molecule has 118 valence electrons. The van der Waals surface area contributed by atoms with Crippen LogP contribution >= 0.6 is 24.0 Å². The second-order valence-corrected chi connectivity index (χ2v) is 13.5. The van der Waals surface area contributed by atoms with Crippen molar-refractivity contribution in [3.05, 3.63) is 0 Å². The molecular formula is C15H30O2S2Si. The summed E-state index contributed by atoms with van der Waals surface area (Å²) in [6.45, 7) is 12.4. The lowest BCUT2D eigenvalue weighted by Gasteiger charge is -2.41. The molecule has 1 aliphatic carbocycles. The molecule has 0 bridgehead atoms. The van der Waals surface area contributed by atoms with Gasteiger partial charge in [0.25, 0.3) is 0 Å². The van der Waals surface area contributed by atoms with Gasteiger partial charge < -0.3 is 9.16 Å². The molecule has 0 amide bonds. The normalized spacial score (nSPS) is 24.5. The van der Waals surface area contributed by atoms with Gasteiger partial charge in [-0.25, -0.2) is 0 Å². The van der Waals surface area contributed by atoms with E-state index in [1.807, 2.05) is 6.26 Å². The first kappa shape index (κ1) is 18.5. The number of hydrogen-bond acceptors (Lipinski definition) is 4. The minimum absolute atomic E-state index is 0.303. The fourth-order valence-corrected chi connectivity index (χ4v) is 3.93. The van der Waals surface area contributed by atoms with Crippen molar-refractivity contribution in [1.29, 1.82) is 0 Å². The third-order valence-corrected chi connectivity index (χ3v) is 10.3. The zero-order valence-corrected chi connectivity index (χ0v) is 16.5. The number of thioether (sulfide) groups is 1. The van der Waals surface area contributed by atoms with Crippen LogP contribution in [0.4, 0.5) is 0 Å². The highest BCUT2D eigenvalue weighted by Crippen LogP contribution is 2.39. The van der Waals surface area contributed by atoms with Crippen LogP contribution in [-0.2, 0) is 9.16 Å². The van der Waals surface area contributed by atoms with Crippen LogP contribution in [-0.4, -0.2) is 31.7 Å². The first-order valence-corrected chi connectivity index (χ1v) is 12.1. The Hall–Kier alpha value is 0.417. The molecule has 1 saturated carbocycles. The van der Waals surface area contributed by atoms with Gasteiger partial charge in [-0.3, -0.25) is 0 Å². The Bertz CT molecular complexity index is 318. The van der Waals surface area contributed by atoms with E-state index in [2.05, 4.69) is 33.9 Å². The van der Waals surface area contributed by atoms with Crippen molar-refractivity contribution in [1.82, 2.24) is 0 Å². The van der Waals surface area contributed by atoms with Crippen LogP contribution in [0.25, 0.3) is 0 Å². The predicted octanol–water partition coefficient (Wildman–Crippen LogP) is 5.23. The van der Waals surface area contributed by atoms with Gasteiger partial charge in [0.05, 0.1) is 6.61 Å². The highest BCUT2D eigenvalue weighted by Gasteiger charge is 2.39. The molecule has 0 aromatic heterocycles. The van der Waals surface area contributed by atoms with Crippen LogP contribution in [0.15, 0.2) is 0 Å². The summed E-state index contributed by atoms with van der Waals surface area (Å²) in [5.41, 5.74) is 0. The van der Waals surface area contributed by atoms with E-state index in [9.17, 15) is 0 Å². The molecule has 1 rings (SSSR count). The highest BCUT2D eigenvalue weighted by atomic mass is 32.2. The fraction of sp³-hybridized carbons (Fsp3) is 0.933. The predicted molar refractivity (Wildman–Crippen MR) is 96.1 cm³/mol. The van der Waals surface area contributed by atoms with E-state index < -0.39 is 8.32 Å². The summed E-state index contributed by atoms with van der Waals surface area (Å²) in [6.07, 6.45) is 7.18. The Balaban J connectivity index is 2.34. The van der Waals surface area contributed by atoms with Crippen LogP contribution in [0, 0.1) is 5.92 Å². The Morgan fingerprint density at radius 3 is 2.20 bits per heavy atom. The largest absolute Gasteiger partial charge is 0.478 e. The highest BCUT2D eigenvalue weighted by molar-refractivity contribution is 8.22. The summed E-state index contributed by atoms with van der Waals surface area (Å²) in [6, 6.07) is 0. The molecule has 0 radical (unpaired) electrons. The molecule has 0 N–H and O–H groups in total. The van der Waals surface area contributed by atoms with E-state index in [4.69, 9.17) is 21.4 Å². The van der Waals surface area contributed by atoms with Gasteiger partial charge in [0.2, 0.25) is 4.38 Å². The van der Waals surface area contributed by atoms with E-state index in [0.717, 1.165) is 6.61 Å². The van der Waals surface area contributed by atoms with Crippen LogP contribution in [0.5, 0.6) is 0 Å². The van der Waals surface area contributed by atoms with E-state index in [1.165, 1.54) is 37.4 Å². The number of thiocarbonyl (C=S) groups is 1. The maximum atomic E-state index is 6.51. The Labute approximate surface area is 135 Å². The van der Waals surface area contributed by atoms with Crippen LogP contribution < -0.4 is 0 Å². The first-order valence-electron chi connectivity index (χ1n) is 7.54. The zero-order valence-electron chi connectivity index (χ0n) is 13.8. The molecule has 0 aliphatic heterocycles. The average molecular weight is 335 g/mol. The smallest absolute Gasteiger partial charge is 0.219 e. The molecule has 0 aromatic rings. The minimum Gasteiger partial charge on any atom is -0.478 e.